The van der Waals surface area contributed by atoms with Crippen LogP contribution in [0.15, 0.2) is 60.0 Å². The second kappa shape index (κ2) is 5.24. The van der Waals surface area contributed by atoms with Crippen LogP contribution in [0.25, 0.3) is 10.6 Å². The van der Waals surface area contributed by atoms with Crippen LogP contribution in [0.4, 0.5) is 0 Å². The number of phenols is 1. The van der Waals surface area contributed by atoms with Crippen LogP contribution in [0.2, 0.25) is 0 Å². The quantitative estimate of drug-likeness (QED) is 0.774. The van der Waals surface area contributed by atoms with Crippen molar-refractivity contribution in [2.45, 2.75) is 6.42 Å². The minimum absolute atomic E-state index is 0.281. The molecule has 1 N–H and O–H groups in total. The largest absolute Gasteiger partial charge is 0.507 e. The predicted octanol–water partition coefficient (Wildman–Crippen LogP) is 4.11. The molecule has 0 aliphatic rings. The van der Waals surface area contributed by atoms with Gasteiger partial charge in [0.15, 0.2) is 0 Å². The first-order valence-corrected chi connectivity index (χ1v) is 6.97. The predicted molar refractivity (Wildman–Crippen MR) is 78.5 cm³/mol. The molecule has 0 unspecified atom stereocenters. The molecule has 0 aliphatic heterocycles. The molecule has 0 fully saturated rings. The van der Waals surface area contributed by atoms with Gasteiger partial charge in [0.1, 0.15) is 10.8 Å². The molecule has 0 amide bonds. The zero-order valence-electron chi connectivity index (χ0n) is 10.3. The SMILES string of the molecule is Oc1ccccc1-c1nc(Cc2ccccc2)cs1. The number of rotatable bonds is 3. The summed E-state index contributed by atoms with van der Waals surface area (Å²) in [6.07, 6.45) is 0.824. The van der Waals surface area contributed by atoms with E-state index < -0.39 is 0 Å². The van der Waals surface area contributed by atoms with E-state index in [1.807, 2.05) is 36.4 Å². The van der Waals surface area contributed by atoms with Gasteiger partial charge in [0, 0.05) is 11.8 Å². The maximum absolute atomic E-state index is 9.83. The monoisotopic (exact) mass is 267 g/mol. The average molecular weight is 267 g/mol. The van der Waals surface area contributed by atoms with Crippen molar-refractivity contribution in [3.8, 4) is 16.3 Å². The van der Waals surface area contributed by atoms with Gasteiger partial charge < -0.3 is 5.11 Å². The van der Waals surface area contributed by atoms with E-state index in [4.69, 9.17) is 0 Å². The molecule has 0 aliphatic carbocycles. The van der Waals surface area contributed by atoms with Crippen molar-refractivity contribution in [1.29, 1.82) is 0 Å². The minimum Gasteiger partial charge on any atom is -0.507 e. The van der Waals surface area contributed by atoms with Crippen molar-refractivity contribution >= 4 is 11.3 Å². The second-order valence-electron chi connectivity index (χ2n) is 4.32. The molecule has 3 rings (SSSR count). The number of aromatic nitrogens is 1. The standard InChI is InChI=1S/C16H13NOS/c18-15-9-5-4-8-14(15)16-17-13(11-19-16)10-12-6-2-1-3-7-12/h1-9,11,18H,10H2. The smallest absolute Gasteiger partial charge is 0.127 e. The van der Waals surface area contributed by atoms with Crippen LogP contribution in [-0.4, -0.2) is 10.1 Å². The fourth-order valence-electron chi connectivity index (χ4n) is 1.97. The Hall–Kier alpha value is -2.13. The van der Waals surface area contributed by atoms with E-state index >= 15 is 0 Å². The normalized spacial score (nSPS) is 10.5. The number of hydrogen-bond acceptors (Lipinski definition) is 3. The topological polar surface area (TPSA) is 33.1 Å². The first kappa shape index (κ1) is 11.9. The van der Waals surface area contributed by atoms with E-state index in [1.165, 1.54) is 5.56 Å². The highest BCUT2D eigenvalue weighted by molar-refractivity contribution is 7.13. The maximum atomic E-state index is 9.83. The summed E-state index contributed by atoms with van der Waals surface area (Å²) in [6.45, 7) is 0. The number of phenolic OH excluding ortho intramolecular Hbond substituents is 1. The van der Waals surface area contributed by atoms with E-state index in [2.05, 4.69) is 22.5 Å². The molecule has 0 radical (unpaired) electrons. The molecular weight excluding hydrogens is 254 g/mol. The van der Waals surface area contributed by atoms with Crippen molar-refractivity contribution in [1.82, 2.24) is 4.98 Å². The molecule has 0 saturated heterocycles. The van der Waals surface area contributed by atoms with Crippen molar-refractivity contribution in [2.75, 3.05) is 0 Å². The molecule has 0 atom stereocenters. The van der Waals surface area contributed by atoms with Crippen molar-refractivity contribution < 1.29 is 5.11 Å². The van der Waals surface area contributed by atoms with E-state index in [0.29, 0.717) is 0 Å². The van der Waals surface area contributed by atoms with Gasteiger partial charge in [0.25, 0.3) is 0 Å². The lowest BCUT2D eigenvalue weighted by atomic mass is 10.1. The highest BCUT2D eigenvalue weighted by atomic mass is 32.1. The Labute approximate surface area is 116 Å². The molecule has 0 saturated carbocycles. The van der Waals surface area contributed by atoms with Crippen LogP contribution >= 0.6 is 11.3 Å². The summed E-state index contributed by atoms with van der Waals surface area (Å²) in [5.74, 6) is 0.281. The third kappa shape index (κ3) is 2.66. The summed E-state index contributed by atoms with van der Waals surface area (Å²) in [7, 11) is 0. The van der Waals surface area contributed by atoms with E-state index in [-0.39, 0.29) is 5.75 Å². The number of nitrogens with zero attached hydrogens (tertiary/aromatic N) is 1. The Balaban J connectivity index is 1.86. The Bertz CT molecular complexity index is 676. The molecule has 3 heteroatoms. The molecule has 2 aromatic carbocycles. The van der Waals surface area contributed by atoms with Crippen LogP contribution < -0.4 is 0 Å². The van der Waals surface area contributed by atoms with E-state index in [1.54, 1.807) is 17.4 Å². The van der Waals surface area contributed by atoms with Crippen molar-refractivity contribution in [3.05, 3.63) is 71.2 Å². The zero-order valence-corrected chi connectivity index (χ0v) is 11.1. The van der Waals surface area contributed by atoms with Crippen LogP contribution in [0.5, 0.6) is 5.75 Å². The summed E-state index contributed by atoms with van der Waals surface area (Å²) < 4.78 is 0. The Morgan fingerprint density at radius 2 is 1.68 bits per heavy atom. The van der Waals surface area contributed by atoms with Crippen LogP contribution in [0, 0.1) is 0 Å². The van der Waals surface area contributed by atoms with Gasteiger partial charge in [0.05, 0.1) is 11.3 Å². The first-order chi connectivity index (χ1) is 9.33. The summed E-state index contributed by atoms with van der Waals surface area (Å²) in [6, 6.07) is 17.6. The number of para-hydroxylation sites is 1. The molecule has 94 valence electrons. The lowest BCUT2D eigenvalue weighted by molar-refractivity contribution is 0.477. The van der Waals surface area contributed by atoms with Gasteiger partial charge in [-0.2, -0.15) is 0 Å². The highest BCUT2D eigenvalue weighted by Gasteiger charge is 2.08. The van der Waals surface area contributed by atoms with E-state index in [9.17, 15) is 5.11 Å². The van der Waals surface area contributed by atoms with Gasteiger partial charge in [-0.25, -0.2) is 4.98 Å². The van der Waals surface area contributed by atoms with Gasteiger partial charge in [-0.1, -0.05) is 42.5 Å². The number of thiazole rings is 1. The lowest BCUT2D eigenvalue weighted by Crippen LogP contribution is -1.87. The Morgan fingerprint density at radius 3 is 2.47 bits per heavy atom. The zero-order chi connectivity index (χ0) is 13.1. The molecule has 3 aromatic rings. The van der Waals surface area contributed by atoms with Crippen molar-refractivity contribution in [3.63, 3.8) is 0 Å². The van der Waals surface area contributed by atoms with Gasteiger partial charge in [0.2, 0.25) is 0 Å². The molecule has 0 bridgehead atoms. The third-order valence-electron chi connectivity index (χ3n) is 2.91. The van der Waals surface area contributed by atoms with Crippen LogP contribution in [0.3, 0.4) is 0 Å². The third-order valence-corrected chi connectivity index (χ3v) is 3.84. The summed E-state index contributed by atoms with van der Waals surface area (Å²) >= 11 is 1.56. The molecule has 1 heterocycles. The van der Waals surface area contributed by atoms with Gasteiger partial charge >= 0.3 is 0 Å². The van der Waals surface area contributed by atoms with Crippen LogP contribution in [-0.2, 0) is 6.42 Å². The van der Waals surface area contributed by atoms with Gasteiger partial charge in [-0.3, -0.25) is 0 Å². The Kier molecular flexibility index (Phi) is 3.29. The molecular formula is C16H13NOS. The molecule has 0 spiro atoms. The molecule has 2 nitrogen and oxygen atoms in total. The fourth-order valence-corrected chi connectivity index (χ4v) is 2.82. The van der Waals surface area contributed by atoms with Crippen LogP contribution in [0.1, 0.15) is 11.3 Å². The summed E-state index contributed by atoms with van der Waals surface area (Å²) in [5.41, 5.74) is 3.08. The lowest BCUT2D eigenvalue weighted by Gasteiger charge is -1.99. The van der Waals surface area contributed by atoms with Gasteiger partial charge in [-0.05, 0) is 17.7 Å². The Morgan fingerprint density at radius 1 is 0.947 bits per heavy atom. The van der Waals surface area contributed by atoms with Gasteiger partial charge in [-0.15, -0.1) is 11.3 Å². The second-order valence-corrected chi connectivity index (χ2v) is 5.18. The van der Waals surface area contributed by atoms with E-state index in [0.717, 1.165) is 22.7 Å². The number of aromatic hydroxyl groups is 1. The average Bonchev–Trinajstić information content (AvgIpc) is 2.89. The van der Waals surface area contributed by atoms with Crippen molar-refractivity contribution in [2.24, 2.45) is 0 Å². The molecule has 19 heavy (non-hydrogen) atoms. The molecule has 1 aromatic heterocycles. The number of benzene rings is 2. The summed E-state index contributed by atoms with van der Waals surface area (Å²) in [4.78, 5) is 4.60. The minimum atomic E-state index is 0.281. The summed E-state index contributed by atoms with van der Waals surface area (Å²) in [5, 5.41) is 12.7. The maximum Gasteiger partial charge on any atom is 0.127 e. The first-order valence-electron chi connectivity index (χ1n) is 6.09. The highest BCUT2D eigenvalue weighted by Crippen LogP contribution is 2.31. The number of hydrogen-bond donors (Lipinski definition) is 1. The fraction of sp³-hybridized carbons (Fsp3) is 0.0625.